The number of ketones is 1. The van der Waals surface area contributed by atoms with Crippen molar-refractivity contribution in [1.82, 2.24) is 0 Å². The molecule has 1 N–H and O–H groups in total. The van der Waals surface area contributed by atoms with Crippen LogP contribution in [-0.2, 0) is 14.3 Å². The molecule has 0 bridgehead atoms. The van der Waals surface area contributed by atoms with Gasteiger partial charge in [0.2, 0.25) is 5.91 Å². The standard InChI is InChI=1S/C21H33NO4/c1-6-8-14-25-20(26-15-9-7-2)21(4,5)19(24)17-12-10-11-13-18(17)22-16(3)23/h10-13,20H,6-9,14-15H2,1-5H3,(H,22,23). The largest absolute Gasteiger partial charge is 0.352 e. The van der Waals surface area contributed by atoms with Gasteiger partial charge in [0.15, 0.2) is 12.1 Å². The lowest BCUT2D eigenvalue weighted by Crippen LogP contribution is -2.41. The molecule has 0 heterocycles. The topological polar surface area (TPSA) is 64.6 Å². The van der Waals surface area contributed by atoms with E-state index in [1.165, 1.54) is 6.92 Å². The zero-order chi connectivity index (χ0) is 19.6. The minimum atomic E-state index is -0.879. The first-order chi connectivity index (χ1) is 12.3. The van der Waals surface area contributed by atoms with E-state index in [-0.39, 0.29) is 11.7 Å². The zero-order valence-corrected chi connectivity index (χ0v) is 16.8. The van der Waals surface area contributed by atoms with Crippen molar-refractivity contribution in [2.45, 2.75) is 66.6 Å². The van der Waals surface area contributed by atoms with Crippen LogP contribution < -0.4 is 5.32 Å². The van der Waals surface area contributed by atoms with Crippen molar-refractivity contribution in [3.05, 3.63) is 29.8 Å². The highest BCUT2D eigenvalue weighted by molar-refractivity contribution is 6.07. The summed E-state index contributed by atoms with van der Waals surface area (Å²) in [5.74, 6) is -0.321. The predicted molar refractivity (Wildman–Crippen MR) is 104 cm³/mol. The Labute approximate surface area is 157 Å². The number of amides is 1. The molecule has 1 aromatic carbocycles. The molecule has 0 fully saturated rings. The van der Waals surface area contributed by atoms with Crippen molar-refractivity contribution in [1.29, 1.82) is 0 Å². The lowest BCUT2D eigenvalue weighted by molar-refractivity contribution is -0.186. The Morgan fingerprint density at radius 2 is 1.58 bits per heavy atom. The van der Waals surface area contributed by atoms with Gasteiger partial charge in [-0.2, -0.15) is 0 Å². The molecule has 0 unspecified atom stereocenters. The first-order valence-corrected chi connectivity index (χ1v) is 9.49. The van der Waals surface area contributed by atoms with Gasteiger partial charge in [0.05, 0.1) is 11.1 Å². The summed E-state index contributed by atoms with van der Waals surface area (Å²) < 4.78 is 11.9. The maximum absolute atomic E-state index is 13.3. The van der Waals surface area contributed by atoms with Gasteiger partial charge in [-0.05, 0) is 38.8 Å². The van der Waals surface area contributed by atoms with E-state index in [9.17, 15) is 9.59 Å². The van der Waals surface area contributed by atoms with Gasteiger partial charge in [-0.15, -0.1) is 0 Å². The molecule has 146 valence electrons. The van der Waals surface area contributed by atoms with Gasteiger partial charge in [-0.25, -0.2) is 0 Å². The molecule has 0 radical (unpaired) electrons. The third kappa shape index (κ3) is 6.54. The number of rotatable bonds is 12. The molecule has 0 spiro atoms. The molecule has 0 saturated heterocycles. The number of nitrogens with one attached hydrogen (secondary N) is 1. The van der Waals surface area contributed by atoms with E-state index in [0.717, 1.165) is 25.7 Å². The van der Waals surface area contributed by atoms with Crippen molar-refractivity contribution >= 4 is 17.4 Å². The highest BCUT2D eigenvalue weighted by Crippen LogP contribution is 2.32. The number of anilines is 1. The zero-order valence-electron chi connectivity index (χ0n) is 16.8. The number of carbonyl (C=O) groups is 2. The average Bonchev–Trinajstić information content (AvgIpc) is 2.60. The molecule has 1 aromatic rings. The molecule has 0 aliphatic heterocycles. The molecule has 26 heavy (non-hydrogen) atoms. The average molecular weight is 363 g/mol. The molecule has 0 aliphatic carbocycles. The molecule has 5 nitrogen and oxygen atoms in total. The molecular weight excluding hydrogens is 330 g/mol. The summed E-state index contributed by atoms with van der Waals surface area (Å²) in [6, 6.07) is 7.04. The predicted octanol–water partition coefficient (Wildman–Crippen LogP) is 4.81. The molecule has 1 amide bonds. The summed E-state index contributed by atoms with van der Waals surface area (Å²) in [6.45, 7) is 10.4. The lowest BCUT2D eigenvalue weighted by atomic mass is 9.82. The Bertz CT molecular complexity index is 573. The van der Waals surface area contributed by atoms with Gasteiger partial charge in [-0.3, -0.25) is 9.59 Å². The van der Waals surface area contributed by atoms with Crippen LogP contribution in [0.25, 0.3) is 0 Å². The van der Waals surface area contributed by atoms with Gasteiger partial charge < -0.3 is 14.8 Å². The second-order valence-electron chi connectivity index (χ2n) is 7.06. The number of ether oxygens (including phenoxy) is 2. The molecule has 1 rings (SSSR count). The van der Waals surface area contributed by atoms with E-state index >= 15 is 0 Å². The van der Waals surface area contributed by atoms with Crippen LogP contribution in [0.4, 0.5) is 5.69 Å². The van der Waals surface area contributed by atoms with Crippen molar-refractivity contribution < 1.29 is 19.1 Å². The highest BCUT2D eigenvalue weighted by Gasteiger charge is 2.40. The third-order valence-corrected chi connectivity index (χ3v) is 4.19. The fourth-order valence-corrected chi connectivity index (χ4v) is 2.57. The Hall–Kier alpha value is -1.72. The Morgan fingerprint density at radius 1 is 1.04 bits per heavy atom. The van der Waals surface area contributed by atoms with E-state index in [0.29, 0.717) is 24.5 Å². The number of Topliss-reactive ketones (excluding diaryl/α,β-unsaturated/α-hetero) is 1. The number of para-hydroxylation sites is 1. The van der Waals surface area contributed by atoms with Crippen LogP contribution in [0.5, 0.6) is 0 Å². The fourth-order valence-electron chi connectivity index (χ4n) is 2.57. The SMILES string of the molecule is CCCCOC(OCCCC)C(C)(C)C(=O)c1ccccc1NC(C)=O. The molecule has 0 atom stereocenters. The van der Waals surface area contributed by atoms with E-state index in [4.69, 9.17) is 9.47 Å². The van der Waals surface area contributed by atoms with Crippen LogP contribution in [0, 0.1) is 5.41 Å². The van der Waals surface area contributed by atoms with Crippen LogP contribution in [0.15, 0.2) is 24.3 Å². The maximum atomic E-state index is 13.3. The van der Waals surface area contributed by atoms with Gasteiger partial charge in [-0.1, -0.05) is 38.8 Å². The fraction of sp³-hybridized carbons (Fsp3) is 0.619. The summed E-state index contributed by atoms with van der Waals surface area (Å²) >= 11 is 0. The van der Waals surface area contributed by atoms with Crippen molar-refractivity contribution in [2.24, 2.45) is 5.41 Å². The number of hydrogen-bond acceptors (Lipinski definition) is 4. The summed E-state index contributed by atoms with van der Waals surface area (Å²) in [4.78, 5) is 24.7. The quantitative estimate of drug-likeness (QED) is 0.329. The molecule has 0 saturated carbocycles. The smallest absolute Gasteiger partial charge is 0.221 e. The summed E-state index contributed by atoms with van der Waals surface area (Å²) in [5.41, 5.74) is 0.102. The van der Waals surface area contributed by atoms with Crippen molar-refractivity contribution in [2.75, 3.05) is 18.5 Å². The van der Waals surface area contributed by atoms with E-state index in [1.54, 1.807) is 24.3 Å². The Morgan fingerprint density at radius 3 is 2.08 bits per heavy atom. The lowest BCUT2D eigenvalue weighted by Gasteiger charge is -2.33. The molecule has 5 heteroatoms. The third-order valence-electron chi connectivity index (χ3n) is 4.19. The molecular formula is C21H33NO4. The monoisotopic (exact) mass is 363 g/mol. The number of carbonyl (C=O) groups excluding carboxylic acids is 2. The minimum Gasteiger partial charge on any atom is -0.352 e. The second kappa shape index (κ2) is 11.1. The van der Waals surface area contributed by atoms with Crippen LogP contribution in [-0.4, -0.2) is 31.2 Å². The van der Waals surface area contributed by atoms with E-state index in [2.05, 4.69) is 19.2 Å². The maximum Gasteiger partial charge on any atom is 0.221 e. The minimum absolute atomic E-state index is 0.111. The Balaban J connectivity index is 3.04. The first-order valence-electron chi connectivity index (χ1n) is 9.49. The summed E-state index contributed by atoms with van der Waals surface area (Å²) in [5, 5.41) is 2.73. The van der Waals surface area contributed by atoms with E-state index in [1.807, 2.05) is 13.8 Å². The van der Waals surface area contributed by atoms with Gasteiger partial charge in [0.1, 0.15) is 0 Å². The van der Waals surface area contributed by atoms with Gasteiger partial charge >= 0.3 is 0 Å². The van der Waals surface area contributed by atoms with Gasteiger partial charge in [0.25, 0.3) is 0 Å². The highest BCUT2D eigenvalue weighted by atomic mass is 16.7. The number of benzene rings is 1. The number of hydrogen-bond donors (Lipinski definition) is 1. The Kier molecular flexibility index (Phi) is 9.52. The van der Waals surface area contributed by atoms with Gasteiger partial charge in [0, 0.05) is 25.7 Å². The van der Waals surface area contributed by atoms with Crippen LogP contribution >= 0.6 is 0 Å². The first kappa shape index (κ1) is 22.3. The van der Waals surface area contributed by atoms with Crippen LogP contribution in [0.1, 0.15) is 70.7 Å². The normalized spacial score (nSPS) is 11.6. The van der Waals surface area contributed by atoms with Crippen LogP contribution in [0.3, 0.4) is 0 Å². The molecule has 0 aliphatic rings. The summed E-state index contributed by atoms with van der Waals surface area (Å²) in [6.07, 6.45) is 3.24. The van der Waals surface area contributed by atoms with Crippen molar-refractivity contribution in [3.8, 4) is 0 Å². The van der Waals surface area contributed by atoms with Crippen molar-refractivity contribution in [3.63, 3.8) is 0 Å². The van der Waals surface area contributed by atoms with E-state index < -0.39 is 11.7 Å². The summed E-state index contributed by atoms with van der Waals surface area (Å²) in [7, 11) is 0. The van der Waals surface area contributed by atoms with Crippen LogP contribution in [0.2, 0.25) is 0 Å². The number of unbranched alkanes of at least 4 members (excludes halogenated alkanes) is 2. The second-order valence-corrected chi connectivity index (χ2v) is 7.06. The molecule has 0 aromatic heterocycles.